The fourth-order valence-corrected chi connectivity index (χ4v) is 5.32. The van der Waals surface area contributed by atoms with E-state index in [2.05, 4.69) is 0 Å². The first-order valence-electron chi connectivity index (χ1n) is 11.6. The van der Waals surface area contributed by atoms with Crippen LogP contribution < -0.4 is 0 Å². The van der Waals surface area contributed by atoms with Crippen molar-refractivity contribution in [1.29, 1.82) is 0 Å². The van der Waals surface area contributed by atoms with Crippen molar-refractivity contribution in [3.63, 3.8) is 0 Å². The van der Waals surface area contributed by atoms with Gasteiger partial charge in [0, 0.05) is 31.8 Å². The molecule has 0 amide bonds. The molecule has 188 valence electrons. The zero-order valence-corrected chi connectivity index (χ0v) is 21.2. The van der Waals surface area contributed by atoms with Gasteiger partial charge in [-0.25, -0.2) is 0 Å². The van der Waals surface area contributed by atoms with Crippen LogP contribution in [-0.4, -0.2) is 37.6 Å². The predicted octanol–water partition coefficient (Wildman–Crippen LogP) is 6.66. The van der Waals surface area contributed by atoms with Crippen molar-refractivity contribution in [3.05, 3.63) is 105 Å². The molecule has 3 aromatic carbocycles. The summed E-state index contributed by atoms with van der Waals surface area (Å²) in [5.41, 5.74) is 2.43. The van der Waals surface area contributed by atoms with Gasteiger partial charge in [-0.15, -0.1) is 0 Å². The number of halogens is 3. The fourth-order valence-electron chi connectivity index (χ4n) is 4.72. The second kappa shape index (κ2) is 10.6. The van der Waals surface area contributed by atoms with E-state index in [0.29, 0.717) is 15.1 Å². The molecule has 3 saturated heterocycles. The van der Waals surface area contributed by atoms with Crippen LogP contribution in [0, 0.1) is 0 Å². The van der Waals surface area contributed by atoms with Crippen LogP contribution >= 0.6 is 34.8 Å². The summed E-state index contributed by atoms with van der Waals surface area (Å²) in [5.74, 6) is 0. The Kier molecular flexibility index (Phi) is 7.23. The van der Waals surface area contributed by atoms with Crippen molar-refractivity contribution in [2.24, 2.45) is 0 Å². The number of ether oxygens (including phenoxy) is 6. The van der Waals surface area contributed by atoms with E-state index in [-0.39, 0.29) is 13.2 Å². The van der Waals surface area contributed by atoms with Crippen molar-refractivity contribution in [3.8, 4) is 0 Å². The van der Waals surface area contributed by atoms with Crippen molar-refractivity contribution < 1.29 is 28.4 Å². The molecule has 3 fully saturated rings. The molecule has 6 rings (SSSR count). The highest BCUT2D eigenvalue weighted by Gasteiger charge is 2.51. The van der Waals surface area contributed by atoms with Gasteiger partial charge in [0.15, 0.2) is 18.9 Å². The second-order valence-corrected chi connectivity index (χ2v) is 10.2. The third kappa shape index (κ3) is 5.16. The molecule has 9 heteroatoms. The van der Waals surface area contributed by atoms with Crippen LogP contribution in [0.1, 0.15) is 35.6 Å². The number of benzene rings is 3. The Morgan fingerprint density at radius 2 is 0.889 bits per heavy atom. The van der Waals surface area contributed by atoms with E-state index in [0.717, 1.165) is 16.7 Å². The van der Waals surface area contributed by atoms with Crippen LogP contribution in [0.2, 0.25) is 15.1 Å². The minimum Gasteiger partial charge on any atom is -0.346 e. The standard InChI is InChI=1S/C27H23Cl3O6/c28-18-7-1-4-15(10-18)25-31-13-21-23(35-26(33-21)16-5-2-8-19(29)11-16)24-22(14-32-25)34-27(36-24)17-6-3-9-20(30)12-17/h1-12,21-27H,13-14H2/t21-,22+,23-,24-,25?,26?,27?/m1/s1. The van der Waals surface area contributed by atoms with E-state index in [1.165, 1.54) is 0 Å². The molecule has 6 nitrogen and oxygen atoms in total. The Labute approximate surface area is 223 Å². The van der Waals surface area contributed by atoms with Crippen LogP contribution in [-0.2, 0) is 28.4 Å². The maximum Gasteiger partial charge on any atom is 0.185 e. The molecule has 0 aliphatic carbocycles. The molecule has 3 aliphatic heterocycles. The van der Waals surface area contributed by atoms with Crippen LogP contribution in [0.3, 0.4) is 0 Å². The first-order valence-corrected chi connectivity index (χ1v) is 12.8. The lowest BCUT2D eigenvalue weighted by molar-refractivity contribution is -0.180. The minimum atomic E-state index is -0.661. The molecular weight excluding hydrogens is 527 g/mol. The first kappa shape index (κ1) is 24.6. The zero-order valence-electron chi connectivity index (χ0n) is 19.0. The number of fused-ring (bicyclic) bond motifs is 3. The van der Waals surface area contributed by atoms with Crippen LogP contribution in [0.25, 0.3) is 0 Å². The van der Waals surface area contributed by atoms with Gasteiger partial charge in [-0.1, -0.05) is 71.2 Å². The van der Waals surface area contributed by atoms with Crippen molar-refractivity contribution in [2.45, 2.75) is 43.3 Å². The van der Waals surface area contributed by atoms with E-state index in [9.17, 15) is 0 Å². The normalized spacial score (nSPS) is 32.2. The second-order valence-electron chi connectivity index (χ2n) is 8.88. The van der Waals surface area contributed by atoms with Gasteiger partial charge in [-0.3, -0.25) is 0 Å². The fraction of sp³-hybridized carbons (Fsp3) is 0.333. The minimum absolute atomic E-state index is 0.216. The summed E-state index contributed by atoms with van der Waals surface area (Å²) in [6, 6.07) is 22.2. The van der Waals surface area contributed by atoms with Gasteiger partial charge >= 0.3 is 0 Å². The van der Waals surface area contributed by atoms with Crippen molar-refractivity contribution in [1.82, 2.24) is 0 Å². The molecule has 0 bridgehead atoms. The highest BCUT2D eigenvalue weighted by molar-refractivity contribution is 6.31. The first-order chi connectivity index (χ1) is 17.5. The number of hydrogen-bond acceptors (Lipinski definition) is 6. The van der Waals surface area contributed by atoms with E-state index >= 15 is 0 Å². The molecule has 0 saturated carbocycles. The summed E-state index contributed by atoms with van der Waals surface area (Å²) in [7, 11) is 0. The van der Waals surface area contributed by atoms with E-state index in [1.807, 2.05) is 66.7 Å². The Hall–Kier alpha value is -1.71. The number of hydrogen-bond donors (Lipinski definition) is 0. The summed E-state index contributed by atoms with van der Waals surface area (Å²) >= 11 is 18.7. The van der Waals surface area contributed by atoms with Crippen molar-refractivity contribution in [2.75, 3.05) is 13.2 Å². The van der Waals surface area contributed by atoms with Crippen LogP contribution in [0.4, 0.5) is 0 Å². The SMILES string of the molecule is Clc1cccc(C2OC[C@@H]3OC(c4cccc(Cl)c4)O[C@H]3[C@@H]3OC(c4cccc(Cl)c4)O[C@@H]3CO2)c1. The van der Waals surface area contributed by atoms with Crippen LogP contribution in [0.5, 0.6) is 0 Å². The molecule has 36 heavy (non-hydrogen) atoms. The van der Waals surface area contributed by atoms with Gasteiger partial charge in [0.05, 0.1) is 13.2 Å². The lowest BCUT2D eigenvalue weighted by Crippen LogP contribution is -2.43. The molecule has 7 atom stereocenters. The zero-order chi connectivity index (χ0) is 24.6. The molecule has 3 aliphatic rings. The summed E-state index contributed by atoms with van der Waals surface area (Å²) in [5, 5.41) is 1.80. The summed E-state index contributed by atoms with van der Waals surface area (Å²) < 4.78 is 37.8. The maximum absolute atomic E-state index is 6.41. The van der Waals surface area contributed by atoms with Crippen LogP contribution in [0.15, 0.2) is 72.8 Å². The molecular formula is C27H23Cl3O6. The molecule has 3 heterocycles. The third-order valence-corrected chi connectivity index (χ3v) is 7.11. The van der Waals surface area contributed by atoms with Crippen molar-refractivity contribution >= 4 is 34.8 Å². The molecule has 3 unspecified atom stereocenters. The van der Waals surface area contributed by atoms with Gasteiger partial charge in [0.1, 0.15) is 24.4 Å². The Morgan fingerprint density at radius 1 is 0.500 bits per heavy atom. The number of rotatable bonds is 3. The monoisotopic (exact) mass is 548 g/mol. The molecule has 0 radical (unpaired) electrons. The van der Waals surface area contributed by atoms with Gasteiger partial charge in [-0.05, 0) is 36.4 Å². The topological polar surface area (TPSA) is 55.4 Å². The van der Waals surface area contributed by atoms with Gasteiger partial charge in [-0.2, -0.15) is 0 Å². The highest BCUT2D eigenvalue weighted by Crippen LogP contribution is 2.43. The average Bonchev–Trinajstić information content (AvgIpc) is 3.48. The smallest absolute Gasteiger partial charge is 0.185 e. The van der Waals surface area contributed by atoms with Gasteiger partial charge in [0.25, 0.3) is 0 Å². The highest BCUT2D eigenvalue weighted by atomic mass is 35.5. The predicted molar refractivity (Wildman–Crippen MR) is 134 cm³/mol. The molecule has 0 aromatic heterocycles. The Morgan fingerprint density at radius 3 is 1.28 bits per heavy atom. The lowest BCUT2D eigenvalue weighted by Gasteiger charge is -2.23. The average molecular weight is 550 g/mol. The molecule has 0 spiro atoms. The Bertz CT molecular complexity index is 1150. The van der Waals surface area contributed by atoms with E-state index in [1.54, 1.807) is 6.07 Å². The molecule has 3 aromatic rings. The molecule has 0 N–H and O–H groups in total. The maximum atomic E-state index is 6.41. The van der Waals surface area contributed by atoms with Gasteiger partial charge < -0.3 is 28.4 Å². The summed E-state index contributed by atoms with van der Waals surface area (Å²) in [6.45, 7) is 0.431. The summed E-state index contributed by atoms with van der Waals surface area (Å²) in [6.07, 6.45) is -3.72. The van der Waals surface area contributed by atoms with E-state index < -0.39 is 43.3 Å². The quantitative estimate of drug-likeness (QED) is 0.364. The summed E-state index contributed by atoms with van der Waals surface area (Å²) in [4.78, 5) is 0. The third-order valence-electron chi connectivity index (χ3n) is 6.40. The largest absolute Gasteiger partial charge is 0.346 e. The van der Waals surface area contributed by atoms with E-state index in [4.69, 9.17) is 63.2 Å². The van der Waals surface area contributed by atoms with Gasteiger partial charge in [0.2, 0.25) is 0 Å². The Balaban J connectivity index is 1.30. The lowest BCUT2D eigenvalue weighted by atomic mass is 10.0.